The summed E-state index contributed by atoms with van der Waals surface area (Å²) in [4.78, 5) is 13.1. The van der Waals surface area contributed by atoms with Gasteiger partial charge < -0.3 is 24.8 Å². The lowest BCUT2D eigenvalue weighted by Gasteiger charge is -2.39. The van der Waals surface area contributed by atoms with Crippen molar-refractivity contribution in [1.82, 2.24) is 4.90 Å². The molecule has 2 fully saturated rings. The maximum atomic E-state index is 11.3. The van der Waals surface area contributed by atoms with Crippen molar-refractivity contribution in [3.8, 4) is 0 Å². The molecule has 3 N–H and O–H groups in total. The molecule has 0 saturated carbocycles. The number of carbonyl (C=O) groups is 1. The lowest BCUT2D eigenvalue weighted by molar-refractivity contribution is -0.203. The molecular formula is C14H25NO6. The number of piperidine rings is 1. The summed E-state index contributed by atoms with van der Waals surface area (Å²) < 4.78 is 11.2. The quantitative estimate of drug-likeness (QED) is 0.504. The van der Waals surface area contributed by atoms with Crippen LogP contribution in [0, 0.1) is 11.8 Å². The molecule has 0 aromatic carbocycles. The van der Waals surface area contributed by atoms with Gasteiger partial charge in [-0.15, -0.1) is 0 Å². The Morgan fingerprint density at radius 2 is 1.86 bits per heavy atom. The molecule has 0 aliphatic carbocycles. The third kappa shape index (κ3) is 4.37. The van der Waals surface area contributed by atoms with Crippen molar-refractivity contribution in [2.24, 2.45) is 11.8 Å². The highest BCUT2D eigenvalue weighted by Gasteiger charge is 2.51. The minimum Gasteiger partial charge on any atom is -0.481 e. The van der Waals surface area contributed by atoms with Crippen LogP contribution >= 0.6 is 0 Å². The first-order valence-corrected chi connectivity index (χ1v) is 7.22. The Hall–Kier alpha value is -0.730. The number of carboxylic acids is 1. The molecule has 2 saturated heterocycles. The summed E-state index contributed by atoms with van der Waals surface area (Å²) >= 11 is 0. The van der Waals surface area contributed by atoms with Crippen LogP contribution in [-0.4, -0.2) is 63.2 Å². The molecule has 0 aromatic heterocycles. The van der Waals surface area contributed by atoms with E-state index in [9.17, 15) is 20.1 Å². The van der Waals surface area contributed by atoms with Crippen LogP contribution in [0.4, 0.5) is 0 Å². The molecule has 0 spiro atoms. The summed E-state index contributed by atoms with van der Waals surface area (Å²) in [6.07, 6.45) is -0.453. The number of epoxide rings is 1. The van der Waals surface area contributed by atoms with Gasteiger partial charge in [0.25, 0.3) is 0 Å². The number of aliphatic carboxylic acids is 1. The summed E-state index contributed by atoms with van der Waals surface area (Å²) in [6.45, 7) is 7.76. The maximum absolute atomic E-state index is 11.3. The van der Waals surface area contributed by atoms with Gasteiger partial charge in [0, 0.05) is 19.0 Å². The number of carboxylic acid groups (broad SMARTS) is 1. The van der Waals surface area contributed by atoms with Crippen molar-refractivity contribution in [1.29, 1.82) is 0 Å². The number of rotatable bonds is 4. The summed E-state index contributed by atoms with van der Waals surface area (Å²) in [5.74, 6) is -4.00. The smallest absolute Gasteiger partial charge is 0.307 e. The van der Waals surface area contributed by atoms with Crippen LogP contribution in [0.15, 0.2) is 0 Å². The lowest BCUT2D eigenvalue weighted by atomic mass is 9.84. The Morgan fingerprint density at radius 1 is 1.24 bits per heavy atom. The number of hydrogen-bond acceptors (Lipinski definition) is 6. The van der Waals surface area contributed by atoms with E-state index in [1.165, 1.54) is 6.92 Å². The number of hydrogen-bond donors (Lipinski definition) is 3. The van der Waals surface area contributed by atoms with Crippen LogP contribution < -0.4 is 0 Å². The topological polar surface area (TPSA) is 103 Å². The Labute approximate surface area is 124 Å². The largest absolute Gasteiger partial charge is 0.481 e. The van der Waals surface area contributed by atoms with Crippen molar-refractivity contribution >= 4 is 5.97 Å². The summed E-state index contributed by atoms with van der Waals surface area (Å²) in [7, 11) is 0. The van der Waals surface area contributed by atoms with Crippen LogP contribution in [0.1, 0.15) is 34.1 Å². The summed E-state index contributed by atoms with van der Waals surface area (Å²) in [6, 6.07) is 0. The second-order valence-corrected chi connectivity index (χ2v) is 7.14. The second kappa shape index (κ2) is 5.48. The van der Waals surface area contributed by atoms with E-state index in [0.717, 1.165) is 0 Å². The molecule has 0 aromatic rings. The zero-order valence-corrected chi connectivity index (χ0v) is 12.9. The predicted octanol–water partition coefficient (Wildman–Crippen LogP) is 0.207. The standard InChI is InChI=1S/C14H25NO6/c1-13(2,3)21-12-10(20-12)15-6-8(11(16)17)5-9(7-15)14(4,18)19/h8-10,12,18-19H,5-7H2,1-4H3,(H,16,17)/t8-,9+,10?,12?/m1/s1. The number of likely N-dealkylation sites (tertiary alicyclic amines) is 1. The van der Waals surface area contributed by atoms with Crippen molar-refractivity contribution in [2.45, 2.75) is 58.0 Å². The molecule has 2 heterocycles. The number of nitrogens with zero attached hydrogens (tertiary/aromatic N) is 1. The SMILES string of the molecule is CC(C)(C)OC1OC1N1C[C@H](C(=O)O)C[C@H](C(C)(O)O)C1. The van der Waals surface area contributed by atoms with Crippen molar-refractivity contribution in [2.75, 3.05) is 13.1 Å². The van der Waals surface area contributed by atoms with Crippen molar-refractivity contribution in [3.05, 3.63) is 0 Å². The third-order valence-electron chi connectivity index (χ3n) is 3.86. The Balaban J connectivity index is 2.01. The van der Waals surface area contributed by atoms with Gasteiger partial charge in [-0.05, 0) is 34.1 Å². The normalized spacial score (nSPS) is 34.8. The summed E-state index contributed by atoms with van der Waals surface area (Å²) in [5.41, 5.74) is -0.344. The van der Waals surface area contributed by atoms with E-state index in [0.29, 0.717) is 13.1 Å². The maximum Gasteiger partial charge on any atom is 0.307 e. The van der Waals surface area contributed by atoms with Gasteiger partial charge in [-0.25, -0.2) is 0 Å². The zero-order chi connectivity index (χ0) is 16.0. The fourth-order valence-electron chi connectivity index (χ4n) is 2.70. The molecule has 0 amide bonds. The average molecular weight is 303 g/mol. The molecule has 4 atom stereocenters. The summed E-state index contributed by atoms with van der Waals surface area (Å²) in [5, 5.41) is 28.8. The van der Waals surface area contributed by atoms with Gasteiger partial charge in [0.2, 0.25) is 0 Å². The van der Waals surface area contributed by atoms with Gasteiger partial charge in [0.15, 0.2) is 18.3 Å². The minimum absolute atomic E-state index is 0.243. The van der Waals surface area contributed by atoms with Crippen molar-refractivity contribution in [3.63, 3.8) is 0 Å². The molecule has 122 valence electrons. The van der Waals surface area contributed by atoms with Crippen molar-refractivity contribution < 1.29 is 29.6 Å². The molecule has 2 unspecified atom stereocenters. The van der Waals surface area contributed by atoms with Crippen LogP contribution in [0.25, 0.3) is 0 Å². The fourth-order valence-corrected chi connectivity index (χ4v) is 2.70. The Bertz CT molecular complexity index is 399. The number of aliphatic hydroxyl groups is 2. The van der Waals surface area contributed by atoms with E-state index in [2.05, 4.69) is 0 Å². The molecule has 2 rings (SSSR count). The third-order valence-corrected chi connectivity index (χ3v) is 3.86. The van der Waals surface area contributed by atoms with Crippen LogP contribution in [-0.2, 0) is 14.3 Å². The predicted molar refractivity (Wildman–Crippen MR) is 73.1 cm³/mol. The van der Waals surface area contributed by atoms with E-state index in [1.54, 1.807) is 0 Å². The van der Waals surface area contributed by atoms with Crippen LogP contribution in [0.5, 0.6) is 0 Å². The van der Waals surface area contributed by atoms with Crippen LogP contribution in [0.2, 0.25) is 0 Å². The van der Waals surface area contributed by atoms with Gasteiger partial charge >= 0.3 is 5.97 Å². The van der Waals surface area contributed by atoms with Gasteiger partial charge in [-0.3, -0.25) is 9.69 Å². The molecule has 0 radical (unpaired) electrons. The first kappa shape index (κ1) is 16.6. The van der Waals surface area contributed by atoms with Gasteiger partial charge in [-0.1, -0.05) is 0 Å². The monoisotopic (exact) mass is 303 g/mol. The lowest BCUT2D eigenvalue weighted by Crippen LogP contribution is -2.52. The highest BCUT2D eigenvalue weighted by molar-refractivity contribution is 5.70. The molecule has 2 aliphatic rings. The zero-order valence-electron chi connectivity index (χ0n) is 12.9. The van der Waals surface area contributed by atoms with E-state index in [1.807, 2.05) is 25.7 Å². The minimum atomic E-state index is -1.90. The first-order valence-electron chi connectivity index (χ1n) is 7.22. The molecule has 21 heavy (non-hydrogen) atoms. The van der Waals surface area contributed by atoms with Gasteiger partial charge in [-0.2, -0.15) is 0 Å². The molecular weight excluding hydrogens is 278 g/mol. The highest BCUT2D eigenvalue weighted by Crippen LogP contribution is 2.37. The van der Waals surface area contributed by atoms with Gasteiger partial charge in [0.1, 0.15) is 0 Å². The second-order valence-electron chi connectivity index (χ2n) is 7.14. The van der Waals surface area contributed by atoms with Crippen LogP contribution in [0.3, 0.4) is 0 Å². The molecule has 2 aliphatic heterocycles. The molecule has 0 bridgehead atoms. The number of ether oxygens (including phenoxy) is 2. The Kier molecular flexibility index (Phi) is 4.34. The molecule has 7 nitrogen and oxygen atoms in total. The molecule has 7 heteroatoms. The average Bonchev–Trinajstić information content (AvgIpc) is 3.04. The van der Waals surface area contributed by atoms with E-state index in [-0.39, 0.29) is 24.5 Å². The Morgan fingerprint density at radius 3 is 2.33 bits per heavy atom. The highest BCUT2D eigenvalue weighted by atomic mass is 16.8. The van der Waals surface area contributed by atoms with E-state index >= 15 is 0 Å². The fraction of sp³-hybridized carbons (Fsp3) is 0.929. The first-order chi connectivity index (χ1) is 9.47. The van der Waals surface area contributed by atoms with E-state index < -0.39 is 23.6 Å². The van der Waals surface area contributed by atoms with Gasteiger partial charge in [0.05, 0.1) is 11.5 Å². The van der Waals surface area contributed by atoms with E-state index in [4.69, 9.17) is 9.47 Å².